The van der Waals surface area contributed by atoms with Crippen LogP contribution in [0.2, 0.25) is 0 Å². The topological polar surface area (TPSA) is 81.5 Å². The summed E-state index contributed by atoms with van der Waals surface area (Å²) in [4.78, 5) is 22.2. The summed E-state index contributed by atoms with van der Waals surface area (Å²) in [6, 6.07) is 13.9. The Morgan fingerprint density at radius 2 is 2.04 bits per heavy atom. The van der Waals surface area contributed by atoms with Crippen LogP contribution >= 0.6 is 0 Å². The quantitative estimate of drug-likeness (QED) is 0.367. The van der Waals surface area contributed by atoms with E-state index in [1.807, 2.05) is 31.2 Å². The number of nitrogens with one attached hydrogen (secondary N) is 1. The minimum absolute atomic E-state index is 0.0377. The number of ether oxygens (including phenoxy) is 1. The monoisotopic (exact) mass is 326 g/mol. The highest BCUT2D eigenvalue weighted by atomic mass is 16.6. The first kappa shape index (κ1) is 17.2. The van der Waals surface area contributed by atoms with Crippen molar-refractivity contribution in [3.05, 3.63) is 75.8 Å². The van der Waals surface area contributed by atoms with Crippen molar-refractivity contribution < 1.29 is 14.5 Å². The molecule has 124 valence electrons. The molecule has 2 rings (SSSR count). The first-order chi connectivity index (χ1) is 11.6. The van der Waals surface area contributed by atoms with Crippen LogP contribution in [0.15, 0.2) is 54.6 Å². The molecule has 0 aliphatic carbocycles. The number of nitro benzene ring substituents is 1. The number of amides is 1. The number of aryl methyl sites for hydroxylation is 1. The van der Waals surface area contributed by atoms with Crippen LogP contribution in [-0.2, 0) is 4.79 Å². The van der Waals surface area contributed by atoms with E-state index in [9.17, 15) is 14.9 Å². The first-order valence-corrected chi connectivity index (χ1v) is 7.45. The van der Waals surface area contributed by atoms with E-state index in [2.05, 4.69) is 5.32 Å². The van der Waals surface area contributed by atoms with Crippen LogP contribution in [0.25, 0.3) is 6.08 Å². The zero-order chi connectivity index (χ0) is 17.4. The van der Waals surface area contributed by atoms with Gasteiger partial charge >= 0.3 is 0 Å². The van der Waals surface area contributed by atoms with Crippen molar-refractivity contribution in [2.24, 2.45) is 0 Å². The standard InChI is InChI=1S/C18H18N2O4/c1-14-5-4-7-16(13-14)24-12-11-19-18(21)10-9-15-6-2-3-8-17(15)20(22)23/h2-10,13H,11-12H2,1H3,(H,19,21)/b10-9+. The molecular formula is C18H18N2O4. The molecule has 0 saturated carbocycles. The highest BCUT2D eigenvalue weighted by molar-refractivity contribution is 5.92. The van der Waals surface area contributed by atoms with Gasteiger partial charge in [0.2, 0.25) is 5.91 Å². The summed E-state index contributed by atoms with van der Waals surface area (Å²) in [6.07, 6.45) is 2.70. The molecule has 1 N–H and O–H groups in total. The second-order valence-electron chi connectivity index (χ2n) is 5.11. The molecule has 1 amide bonds. The van der Waals surface area contributed by atoms with Gasteiger partial charge in [-0.1, -0.05) is 24.3 Å². The van der Waals surface area contributed by atoms with E-state index in [1.165, 1.54) is 18.2 Å². The number of hydrogen-bond donors (Lipinski definition) is 1. The molecule has 0 saturated heterocycles. The number of nitrogens with zero attached hydrogens (tertiary/aromatic N) is 1. The lowest BCUT2D eigenvalue weighted by Crippen LogP contribution is -2.26. The predicted molar refractivity (Wildman–Crippen MR) is 91.8 cm³/mol. The van der Waals surface area contributed by atoms with Crippen molar-refractivity contribution in [2.45, 2.75) is 6.92 Å². The van der Waals surface area contributed by atoms with E-state index in [4.69, 9.17) is 4.74 Å². The third kappa shape index (κ3) is 5.24. The van der Waals surface area contributed by atoms with Crippen LogP contribution < -0.4 is 10.1 Å². The third-order valence-electron chi connectivity index (χ3n) is 3.21. The molecule has 0 radical (unpaired) electrons. The van der Waals surface area contributed by atoms with E-state index in [0.29, 0.717) is 18.7 Å². The fourth-order valence-corrected chi connectivity index (χ4v) is 2.07. The summed E-state index contributed by atoms with van der Waals surface area (Å²) in [6.45, 7) is 2.66. The Kier molecular flexibility index (Phi) is 6.08. The molecule has 0 unspecified atom stereocenters. The molecule has 24 heavy (non-hydrogen) atoms. The molecular weight excluding hydrogens is 308 g/mol. The van der Waals surface area contributed by atoms with Gasteiger partial charge in [0.05, 0.1) is 17.0 Å². The summed E-state index contributed by atoms with van der Waals surface area (Å²) >= 11 is 0. The van der Waals surface area contributed by atoms with Gasteiger partial charge in [0, 0.05) is 12.1 Å². The fourth-order valence-electron chi connectivity index (χ4n) is 2.07. The maximum Gasteiger partial charge on any atom is 0.276 e. The van der Waals surface area contributed by atoms with Crippen LogP contribution in [0.3, 0.4) is 0 Å². The molecule has 0 aliphatic heterocycles. The average molecular weight is 326 g/mol. The SMILES string of the molecule is Cc1cccc(OCCNC(=O)/C=C/c2ccccc2[N+](=O)[O-])c1. The van der Waals surface area contributed by atoms with Gasteiger partial charge in [-0.3, -0.25) is 14.9 Å². The lowest BCUT2D eigenvalue weighted by molar-refractivity contribution is -0.385. The summed E-state index contributed by atoms with van der Waals surface area (Å²) in [5.41, 5.74) is 1.45. The van der Waals surface area contributed by atoms with Crippen LogP contribution in [0, 0.1) is 17.0 Å². The van der Waals surface area contributed by atoms with Gasteiger partial charge < -0.3 is 10.1 Å². The Morgan fingerprint density at radius 3 is 2.79 bits per heavy atom. The number of carbonyl (C=O) groups is 1. The van der Waals surface area contributed by atoms with E-state index in [0.717, 1.165) is 11.3 Å². The van der Waals surface area contributed by atoms with Gasteiger partial charge in [-0.15, -0.1) is 0 Å². The van der Waals surface area contributed by atoms with E-state index < -0.39 is 4.92 Å². The second kappa shape index (κ2) is 8.47. The predicted octanol–water partition coefficient (Wildman–Crippen LogP) is 3.11. The lowest BCUT2D eigenvalue weighted by Gasteiger charge is -2.07. The van der Waals surface area contributed by atoms with Gasteiger partial charge in [0.15, 0.2) is 0 Å². The highest BCUT2D eigenvalue weighted by Gasteiger charge is 2.09. The smallest absolute Gasteiger partial charge is 0.276 e. The molecule has 0 aliphatic rings. The van der Waals surface area contributed by atoms with Gasteiger partial charge in [-0.25, -0.2) is 0 Å². The van der Waals surface area contributed by atoms with Crippen molar-refractivity contribution >= 4 is 17.7 Å². The van der Waals surface area contributed by atoms with Gasteiger partial charge in [-0.2, -0.15) is 0 Å². The van der Waals surface area contributed by atoms with Gasteiger partial charge in [-0.05, 0) is 36.8 Å². The maximum atomic E-state index is 11.7. The molecule has 2 aromatic carbocycles. The zero-order valence-electron chi connectivity index (χ0n) is 13.3. The number of carbonyl (C=O) groups excluding carboxylic acids is 1. The highest BCUT2D eigenvalue weighted by Crippen LogP contribution is 2.18. The van der Waals surface area contributed by atoms with E-state index >= 15 is 0 Å². The van der Waals surface area contributed by atoms with Crippen LogP contribution in [0.5, 0.6) is 5.75 Å². The van der Waals surface area contributed by atoms with Crippen molar-refractivity contribution in [2.75, 3.05) is 13.2 Å². The molecule has 6 heteroatoms. The molecule has 0 atom stereocenters. The minimum Gasteiger partial charge on any atom is -0.492 e. The van der Waals surface area contributed by atoms with Gasteiger partial charge in [0.1, 0.15) is 12.4 Å². The molecule has 0 spiro atoms. The summed E-state index contributed by atoms with van der Waals surface area (Å²) < 4.78 is 5.52. The molecule has 6 nitrogen and oxygen atoms in total. The van der Waals surface area contributed by atoms with E-state index in [-0.39, 0.29) is 11.6 Å². The average Bonchev–Trinajstić information content (AvgIpc) is 2.57. The Labute approximate surface area is 139 Å². The Bertz CT molecular complexity index is 756. The molecule has 0 heterocycles. The molecule has 0 fully saturated rings. The number of para-hydroxylation sites is 1. The number of benzene rings is 2. The summed E-state index contributed by atoms with van der Waals surface area (Å²) in [7, 11) is 0. The zero-order valence-corrected chi connectivity index (χ0v) is 13.3. The van der Waals surface area contributed by atoms with E-state index in [1.54, 1.807) is 18.2 Å². The van der Waals surface area contributed by atoms with Crippen molar-refractivity contribution in [3.63, 3.8) is 0 Å². The fraction of sp³-hybridized carbons (Fsp3) is 0.167. The summed E-state index contributed by atoms with van der Waals surface area (Å²) in [5.74, 6) is 0.417. The molecule has 0 bridgehead atoms. The summed E-state index contributed by atoms with van der Waals surface area (Å²) in [5, 5.41) is 13.6. The largest absolute Gasteiger partial charge is 0.492 e. The Balaban J connectivity index is 1.80. The Hall–Kier alpha value is -3.15. The number of nitro groups is 1. The van der Waals surface area contributed by atoms with Crippen LogP contribution in [0.4, 0.5) is 5.69 Å². The Morgan fingerprint density at radius 1 is 1.25 bits per heavy atom. The van der Waals surface area contributed by atoms with Crippen molar-refractivity contribution in [3.8, 4) is 5.75 Å². The molecule has 2 aromatic rings. The molecule has 0 aromatic heterocycles. The lowest BCUT2D eigenvalue weighted by atomic mass is 10.1. The van der Waals surface area contributed by atoms with Crippen molar-refractivity contribution in [1.82, 2.24) is 5.32 Å². The van der Waals surface area contributed by atoms with Crippen LogP contribution in [0.1, 0.15) is 11.1 Å². The third-order valence-corrected chi connectivity index (χ3v) is 3.21. The van der Waals surface area contributed by atoms with Crippen LogP contribution in [-0.4, -0.2) is 24.0 Å². The number of rotatable bonds is 7. The normalized spacial score (nSPS) is 10.5. The second-order valence-corrected chi connectivity index (χ2v) is 5.11. The first-order valence-electron chi connectivity index (χ1n) is 7.45. The minimum atomic E-state index is -0.479. The number of hydrogen-bond acceptors (Lipinski definition) is 4. The maximum absolute atomic E-state index is 11.7. The van der Waals surface area contributed by atoms with Crippen molar-refractivity contribution in [1.29, 1.82) is 0 Å². The van der Waals surface area contributed by atoms with Gasteiger partial charge in [0.25, 0.3) is 5.69 Å².